The molecule has 3 saturated heterocycles. The van der Waals surface area contributed by atoms with E-state index >= 15 is 8.78 Å². The number of ether oxygens (including phenoxy) is 1. The lowest BCUT2D eigenvalue weighted by Gasteiger charge is -2.36. The summed E-state index contributed by atoms with van der Waals surface area (Å²) in [6.07, 6.45) is 0.899. The number of ketones is 1. The van der Waals surface area contributed by atoms with Gasteiger partial charge in [0.05, 0.1) is 34.3 Å². The number of aliphatic hydroxyl groups excluding tert-OH is 1. The smallest absolute Gasteiger partial charge is 0.254 e. The molecular formula is C54H57F3N10O8S2. The number of aromatic amines is 1. The van der Waals surface area contributed by atoms with Gasteiger partial charge < -0.3 is 34.5 Å². The van der Waals surface area contributed by atoms with E-state index in [1.165, 1.54) is 11.1 Å². The van der Waals surface area contributed by atoms with Crippen molar-refractivity contribution in [2.45, 2.75) is 64.4 Å². The van der Waals surface area contributed by atoms with E-state index in [-0.39, 0.29) is 68.2 Å². The van der Waals surface area contributed by atoms with Crippen LogP contribution in [0.4, 0.5) is 24.5 Å². The van der Waals surface area contributed by atoms with Gasteiger partial charge in [-0.05, 0) is 71.4 Å². The molecule has 3 N–H and O–H groups in total. The molecule has 0 bridgehead atoms. The highest BCUT2D eigenvalue weighted by Crippen LogP contribution is 2.35. The highest BCUT2D eigenvalue weighted by Gasteiger charge is 2.43. The number of aryl methyl sites for hydroxylation is 1. The molecule has 0 saturated carbocycles. The number of anilines is 2. The largest absolute Gasteiger partial charge is 0.474 e. The van der Waals surface area contributed by atoms with Gasteiger partial charge in [0.25, 0.3) is 5.88 Å². The fourth-order valence-electron chi connectivity index (χ4n) is 10.3. The molecule has 10 rings (SSSR count). The number of pyridine rings is 1. The number of likely N-dealkylation sites (tertiary alicyclic amines) is 1. The van der Waals surface area contributed by atoms with Crippen molar-refractivity contribution >= 4 is 62.2 Å². The molecule has 2 amide bonds. The standard InChI is InChI=1S/C54H57F3N10O8S2/c1-31(2)47(54(71)66-29-39(68)23-44(66)53(70)60-25-33-4-6-35(7-5-33)51-32(3)61-30-76-51)45-24-46(62-75-45)74-21-20-63-16-18-64(19-17-63)38-10-8-34(9-11-38)36-22-40-41(27-59-52(40)58-26-36)50(69)48-42(56)12-13-43(49(48)57)67(77(72)73)65-15-14-37(55)28-65/h4-13,22,24,26-27,30-31,37,39,44,47,68,77H,14-21,23,25,28-29H2,1-3H3,(H,58,59)(H,60,70)/t37-,39-,44+,47-/m1/s1. The maximum atomic E-state index is 16.1. The number of hydrogen-bond acceptors (Lipinski definition) is 15. The van der Waals surface area contributed by atoms with Gasteiger partial charge in [-0.25, -0.2) is 36.6 Å². The predicted octanol–water partition coefficient (Wildman–Crippen LogP) is 6.67. The van der Waals surface area contributed by atoms with E-state index in [0.717, 1.165) is 76.3 Å². The molecule has 7 heterocycles. The van der Waals surface area contributed by atoms with Crippen molar-refractivity contribution in [2.24, 2.45) is 5.92 Å². The van der Waals surface area contributed by atoms with E-state index in [9.17, 15) is 32.3 Å². The Balaban J connectivity index is 0.713. The van der Waals surface area contributed by atoms with Crippen LogP contribution in [0.5, 0.6) is 5.88 Å². The number of carbonyl (C=O) groups excluding carboxylic acids is 3. The summed E-state index contributed by atoms with van der Waals surface area (Å²) in [4.78, 5) is 60.3. The number of H-pyrrole nitrogens is 1. The number of β-amino-alcohol motifs (C(OH)–C–C–N with tert-alkyl or cyclic N) is 1. The lowest BCUT2D eigenvalue weighted by atomic mass is 9.91. The van der Waals surface area contributed by atoms with Crippen LogP contribution in [0.2, 0.25) is 0 Å². The maximum absolute atomic E-state index is 16.1. The molecule has 0 radical (unpaired) electrons. The summed E-state index contributed by atoms with van der Waals surface area (Å²) in [6, 6.07) is 19.9. The summed E-state index contributed by atoms with van der Waals surface area (Å²) in [5.74, 6) is -4.70. The third-order valence-electron chi connectivity index (χ3n) is 14.5. The minimum Gasteiger partial charge on any atom is -0.474 e. The van der Waals surface area contributed by atoms with Crippen molar-refractivity contribution in [3.8, 4) is 27.4 Å². The lowest BCUT2D eigenvalue weighted by molar-refractivity contribution is -0.141. The number of hydrazine groups is 1. The average Bonchev–Trinajstić information content (AvgIpc) is 4.34. The number of nitrogens with zero attached hydrogens (tertiary/aromatic N) is 8. The van der Waals surface area contributed by atoms with Crippen LogP contribution >= 0.6 is 11.3 Å². The second-order valence-electron chi connectivity index (χ2n) is 19.8. The Morgan fingerprint density at radius 2 is 1.71 bits per heavy atom. The van der Waals surface area contributed by atoms with Crippen molar-refractivity contribution in [3.05, 3.63) is 130 Å². The highest BCUT2D eigenvalue weighted by atomic mass is 32.2. The Bertz CT molecular complexity index is 3350. The average molecular weight is 1100 g/mol. The van der Waals surface area contributed by atoms with Crippen molar-refractivity contribution in [1.82, 2.24) is 40.2 Å². The first-order valence-corrected chi connectivity index (χ1v) is 27.4. The number of piperazine rings is 1. The summed E-state index contributed by atoms with van der Waals surface area (Å²) in [5, 5.41) is 19.1. The van der Waals surface area contributed by atoms with Crippen LogP contribution in [0.15, 0.2) is 95.2 Å². The van der Waals surface area contributed by atoms with E-state index in [0.29, 0.717) is 39.9 Å². The van der Waals surface area contributed by atoms with Gasteiger partial charge in [-0.1, -0.05) is 50.2 Å². The van der Waals surface area contributed by atoms with E-state index in [2.05, 4.69) is 35.2 Å². The Labute approximate surface area is 447 Å². The Morgan fingerprint density at radius 1 is 0.961 bits per heavy atom. The Kier molecular flexibility index (Phi) is 15.8. The summed E-state index contributed by atoms with van der Waals surface area (Å²) < 4.78 is 82.1. The van der Waals surface area contributed by atoms with E-state index in [1.54, 1.807) is 29.7 Å². The third kappa shape index (κ3) is 11.3. The number of alkyl halides is 1. The molecule has 7 aromatic rings. The van der Waals surface area contributed by atoms with Gasteiger partial charge in [0.1, 0.15) is 41.9 Å². The van der Waals surface area contributed by atoms with Crippen LogP contribution in [-0.2, 0) is 27.0 Å². The number of amides is 2. The fourth-order valence-corrected chi connectivity index (χ4v) is 11.9. The first kappa shape index (κ1) is 53.2. The van der Waals surface area contributed by atoms with Crippen LogP contribution in [0.1, 0.15) is 65.5 Å². The Morgan fingerprint density at radius 3 is 2.40 bits per heavy atom. The molecule has 3 aliphatic heterocycles. The number of benzene rings is 3. The Hall–Kier alpha value is -7.18. The third-order valence-corrected chi connectivity index (χ3v) is 16.2. The molecule has 4 atom stereocenters. The second kappa shape index (κ2) is 22.8. The maximum Gasteiger partial charge on any atom is 0.254 e. The minimum absolute atomic E-state index is 0.00852. The number of halogens is 3. The molecule has 4 aromatic heterocycles. The molecule has 77 heavy (non-hydrogen) atoms. The van der Waals surface area contributed by atoms with Gasteiger partial charge in [0.2, 0.25) is 28.5 Å². The normalized spacial score (nSPS) is 18.7. The van der Waals surface area contributed by atoms with E-state index in [4.69, 9.17) is 9.26 Å². The van der Waals surface area contributed by atoms with Gasteiger partial charge >= 0.3 is 0 Å². The number of thiazole rings is 1. The summed E-state index contributed by atoms with van der Waals surface area (Å²) in [7, 11) is -3.50. The zero-order valence-electron chi connectivity index (χ0n) is 42.4. The monoisotopic (exact) mass is 1090 g/mol. The SMILES string of the molecule is Cc1ncsc1-c1ccc(CNC(=O)[C@@H]2C[C@@H](O)CN2C(=O)[C@@H](c2cc(OCCN3CCN(c4ccc(-c5cnc6[nH]cc(C(=O)c7c(F)ccc(N(N8CC[C@@H](F)C8)[SH](=O)=O)c7F)c6c5)cc4)CC3)no2)C(C)C)cc1. The molecule has 404 valence electrons. The first-order chi connectivity index (χ1) is 37.1. The molecule has 18 nitrogen and oxygen atoms in total. The van der Waals surface area contributed by atoms with Crippen LogP contribution < -0.4 is 19.4 Å². The molecule has 3 fully saturated rings. The fraction of sp³-hybridized carbons (Fsp3) is 0.370. The zero-order valence-corrected chi connectivity index (χ0v) is 44.1. The van der Waals surface area contributed by atoms with Crippen molar-refractivity contribution in [3.63, 3.8) is 0 Å². The molecule has 23 heteroatoms. The number of nitrogens with one attached hydrogen (secondary N) is 2. The van der Waals surface area contributed by atoms with E-state index < -0.39 is 63.8 Å². The molecule has 0 unspecified atom stereocenters. The molecule has 3 aromatic carbocycles. The van der Waals surface area contributed by atoms with Crippen molar-refractivity contribution in [1.29, 1.82) is 0 Å². The number of carbonyl (C=O) groups is 3. The van der Waals surface area contributed by atoms with Gasteiger partial charge in [-0.3, -0.25) is 19.3 Å². The zero-order chi connectivity index (χ0) is 54.1. The van der Waals surface area contributed by atoms with Crippen LogP contribution in [-0.4, -0.2) is 143 Å². The number of fused-ring (bicyclic) bond motifs is 1. The molecule has 0 spiro atoms. The van der Waals surface area contributed by atoms with Crippen molar-refractivity contribution < 1.29 is 50.3 Å². The van der Waals surface area contributed by atoms with Crippen LogP contribution in [0.25, 0.3) is 32.6 Å². The number of hydrogen-bond donors (Lipinski definition) is 4. The van der Waals surface area contributed by atoms with Gasteiger partial charge in [0, 0.05) is 99.4 Å². The summed E-state index contributed by atoms with van der Waals surface area (Å²) >= 11 is 1.57. The summed E-state index contributed by atoms with van der Waals surface area (Å²) in [5.41, 5.74) is 5.84. The highest BCUT2D eigenvalue weighted by molar-refractivity contribution is 7.73. The first-order valence-electron chi connectivity index (χ1n) is 25.4. The number of aromatic nitrogens is 4. The molecule has 3 aliphatic rings. The van der Waals surface area contributed by atoms with Gasteiger partial charge in [0.15, 0.2) is 11.6 Å². The predicted molar refractivity (Wildman–Crippen MR) is 284 cm³/mol. The van der Waals surface area contributed by atoms with Gasteiger partial charge in [-0.2, -0.15) is 4.41 Å². The molecule has 0 aliphatic carbocycles. The molecular weight excluding hydrogens is 1040 g/mol. The second-order valence-corrected chi connectivity index (χ2v) is 21.5. The number of thiol groups is 1. The van der Waals surface area contributed by atoms with Gasteiger partial charge in [-0.15, -0.1) is 11.3 Å². The quantitative estimate of drug-likeness (QED) is 0.0523. The van der Waals surface area contributed by atoms with Crippen LogP contribution in [0.3, 0.4) is 0 Å². The summed E-state index contributed by atoms with van der Waals surface area (Å²) in [6.45, 7) is 9.65. The number of aliphatic hydroxyl groups is 1. The topological polar surface area (TPSA) is 211 Å². The minimum atomic E-state index is -3.50. The van der Waals surface area contributed by atoms with E-state index in [1.807, 2.05) is 74.8 Å². The lowest BCUT2D eigenvalue weighted by Crippen LogP contribution is -2.48. The number of rotatable bonds is 18. The van der Waals surface area contributed by atoms with Crippen molar-refractivity contribution in [2.75, 3.05) is 68.3 Å². The van der Waals surface area contributed by atoms with Crippen LogP contribution in [0, 0.1) is 24.5 Å².